The molecule has 2 rings (SSSR count). The molecule has 1 aromatic carbocycles. The number of amides is 1. The SMILES string of the molecule is CCCCN1C(=O)C(N)c2cc([N+](=O)[O-])ccc21. The Labute approximate surface area is 105 Å². The molecule has 0 saturated heterocycles. The quantitative estimate of drug-likeness (QED) is 0.650. The van der Waals surface area contributed by atoms with Crippen LogP contribution in [-0.4, -0.2) is 17.4 Å². The number of rotatable bonds is 4. The number of nitro groups is 1. The summed E-state index contributed by atoms with van der Waals surface area (Å²) in [6.07, 6.45) is 1.86. The Morgan fingerprint density at radius 1 is 1.50 bits per heavy atom. The number of nitro benzene ring substituents is 1. The Kier molecular flexibility index (Phi) is 3.29. The maximum absolute atomic E-state index is 12.0. The molecule has 2 N–H and O–H groups in total. The topological polar surface area (TPSA) is 89.5 Å². The van der Waals surface area contributed by atoms with E-state index >= 15 is 0 Å². The largest absolute Gasteiger partial charge is 0.316 e. The fourth-order valence-corrected chi connectivity index (χ4v) is 2.12. The number of non-ortho nitro benzene ring substituents is 1. The van der Waals surface area contributed by atoms with Crippen molar-refractivity contribution < 1.29 is 9.72 Å². The third-order valence-electron chi connectivity index (χ3n) is 3.12. The predicted molar refractivity (Wildman–Crippen MR) is 67.3 cm³/mol. The highest BCUT2D eigenvalue weighted by molar-refractivity contribution is 6.04. The maximum atomic E-state index is 12.0. The maximum Gasteiger partial charge on any atom is 0.269 e. The van der Waals surface area contributed by atoms with Crippen molar-refractivity contribution in [2.45, 2.75) is 25.8 Å². The summed E-state index contributed by atoms with van der Waals surface area (Å²) in [7, 11) is 0. The van der Waals surface area contributed by atoms with Gasteiger partial charge in [-0.05, 0) is 12.5 Å². The van der Waals surface area contributed by atoms with Crippen LogP contribution in [0.15, 0.2) is 18.2 Å². The zero-order chi connectivity index (χ0) is 13.3. The van der Waals surface area contributed by atoms with E-state index in [1.807, 2.05) is 6.92 Å². The van der Waals surface area contributed by atoms with Gasteiger partial charge >= 0.3 is 0 Å². The average molecular weight is 249 g/mol. The van der Waals surface area contributed by atoms with Gasteiger partial charge in [0.2, 0.25) is 5.91 Å². The molecule has 0 saturated carbocycles. The van der Waals surface area contributed by atoms with Gasteiger partial charge in [0.1, 0.15) is 6.04 Å². The van der Waals surface area contributed by atoms with Crippen molar-refractivity contribution in [2.24, 2.45) is 5.73 Å². The molecule has 1 amide bonds. The van der Waals surface area contributed by atoms with Crippen molar-refractivity contribution in [1.82, 2.24) is 0 Å². The number of hydrogen-bond donors (Lipinski definition) is 1. The van der Waals surface area contributed by atoms with Crippen LogP contribution < -0.4 is 10.6 Å². The van der Waals surface area contributed by atoms with Gasteiger partial charge in [-0.2, -0.15) is 0 Å². The molecule has 0 fully saturated rings. The summed E-state index contributed by atoms with van der Waals surface area (Å²) in [5.41, 5.74) is 7.02. The Balaban J connectivity index is 2.38. The summed E-state index contributed by atoms with van der Waals surface area (Å²) in [4.78, 5) is 23.8. The molecule has 1 aromatic rings. The summed E-state index contributed by atoms with van der Waals surface area (Å²) in [6, 6.07) is 3.62. The Hall–Kier alpha value is -1.95. The fourth-order valence-electron chi connectivity index (χ4n) is 2.12. The number of benzene rings is 1. The third-order valence-corrected chi connectivity index (χ3v) is 3.12. The molecule has 6 nitrogen and oxygen atoms in total. The summed E-state index contributed by atoms with van der Waals surface area (Å²) >= 11 is 0. The van der Waals surface area contributed by atoms with Crippen molar-refractivity contribution in [1.29, 1.82) is 0 Å². The smallest absolute Gasteiger partial charge is 0.269 e. The highest BCUT2D eigenvalue weighted by atomic mass is 16.6. The van der Waals surface area contributed by atoms with E-state index in [0.29, 0.717) is 17.8 Å². The van der Waals surface area contributed by atoms with E-state index in [-0.39, 0.29) is 11.6 Å². The van der Waals surface area contributed by atoms with E-state index in [2.05, 4.69) is 0 Å². The lowest BCUT2D eigenvalue weighted by molar-refractivity contribution is -0.384. The van der Waals surface area contributed by atoms with Gasteiger partial charge in [0.05, 0.1) is 4.92 Å². The van der Waals surface area contributed by atoms with Crippen molar-refractivity contribution >= 4 is 17.3 Å². The highest BCUT2D eigenvalue weighted by Gasteiger charge is 2.35. The van der Waals surface area contributed by atoms with Crippen LogP contribution in [0.4, 0.5) is 11.4 Å². The van der Waals surface area contributed by atoms with Crippen molar-refractivity contribution in [3.63, 3.8) is 0 Å². The number of nitrogens with two attached hydrogens (primary N) is 1. The number of fused-ring (bicyclic) bond motifs is 1. The minimum Gasteiger partial charge on any atom is -0.316 e. The Bertz CT molecular complexity index is 501. The van der Waals surface area contributed by atoms with E-state index in [4.69, 9.17) is 5.73 Å². The van der Waals surface area contributed by atoms with E-state index in [9.17, 15) is 14.9 Å². The second-order valence-corrected chi connectivity index (χ2v) is 4.32. The zero-order valence-corrected chi connectivity index (χ0v) is 10.1. The Morgan fingerprint density at radius 3 is 2.83 bits per heavy atom. The van der Waals surface area contributed by atoms with Crippen LogP contribution in [0.1, 0.15) is 31.4 Å². The van der Waals surface area contributed by atoms with Gasteiger partial charge in [-0.3, -0.25) is 14.9 Å². The van der Waals surface area contributed by atoms with Gasteiger partial charge in [-0.25, -0.2) is 0 Å². The molecule has 0 bridgehead atoms. The van der Waals surface area contributed by atoms with Gasteiger partial charge in [-0.15, -0.1) is 0 Å². The van der Waals surface area contributed by atoms with Crippen LogP contribution in [0.5, 0.6) is 0 Å². The van der Waals surface area contributed by atoms with Crippen LogP contribution in [0.25, 0.3) is 0 Å². The second-order valence-electron chi connectivity index (χ2n) is 4.32. The van der Waals surface area contributed by atoms with Crippen molar-refractivity contribution in [2.75, 3.05) is 11.4 Å². The number of carbonyl (C=O) groups is 1. The normalized spacial score (nSPS) is 18.0. The number of carbonyl (C=O) groups excluding carboxylic acids is 1. The first-order valence-corrected chi connectivity index (χ1v) is 5.91. The standard InChI is InChI=1S/C12H15N3O3/c1-2-3-6-14-10-5-4-8(15(17)18)7-9(10)11(13)12(14)16/h4-5,7,11H,2-3,6,13H2,1H3. The molecule has 1 atom stereocenters. The van der Waals surface area contributed by atoms with E-state index < -0.39 is 11.0 Å². The first-order chi connectivity index (χ1) is 8.56. The molecule has 0 aromatic heterocycles. The number of nitrogens with zero attached hydrogens (tertiary/aromatic N) is 2. The predicted octanol–water partition coefficient (Wildman–Crippen LogP) is 1.74. The van der Waals surface area contributed by atoms with Gasteiger partial charge in [0.25, 0.3) is 5.69 Å². The van der Waals surface area contributed by atoms with Gasteiger partial charge in [0, 0.05) is 29.9 Å². The molecule has 1 aliphatic rings. The van der Waals surface area contributed by atoms with Crippen LogP contribution in [0.3, 0.4) is 0 Å². The summed E-state index contributed by atoms with van der Waals surface area (Å²) in [6.45, 7) is 2.64. The monoisotopic (exact) mass is 249 g/mol. The molecule has 6 heteroatoms. The lowest BCUT2D eigenvalue weighted by Gasteiger charge is -2.16. The molecule has 96 valence electrons. The minimum absolute atomic E-state index is 0.0330. The average Bonchev–Trinajstić information content (AvgIpc) is 2.60. The second kappa shape index (κ2) is 4.73. The van der Waals surface area contributed by atoms with E-state index in [0.717, 1.165) is 12.8 Å². The van der Waals surface area contributed by atoms with Gasteiger partial charge < -0.3 is 10.6 Å². The number of unbranched alkanes of at least 4 members (excludes halogenated alkanes) is 1. The molecule has 1 heterocycles. The van der Waals surface area contributed by atoms with Crippen molar-refractivity contribution in [3.8, 4) is 0 Å². The molecule has 1 unspecified atom stereocenters. The number of anilines is 1. The molecule has 0 spiro atoms. The van der Waals surface area contributed by atoms with Gasteiger partial charge in [-0.1, -0.05) is 13.3 Å². The lowest BCUT2D eigenvalue weighted by atomic mass is 10.1. The van der Waals surface area contributed by atoms with E-state index in [1.165, 1.54) is 12.1 Å². The summed E-state index contributed by atoms with van der Waals surface area (Å²) < 4.78 is 0. The minimum atomic E-state index is -0.781. The lowest BCUT2D eigenvalue weighted by Crippen LogP contribution is -2.32. The first-order valence-electron chi connectivity index (χ1n) is 5.91. The fraction of sp³-hybridized carbons (Fsp3) is 0.417. The molecule has 0 aliphatic carbocycles. The van der Waals surface area contributed by atoms with E-state index in [1.54, 1.807) is 11.0 Å². The van der Waals surface area contributed by atoms with Crippen LogP contribution in [-0.2, 0) is 4.79 Å². The third kappa shape index (κ3) is 1.95. The van der Waals surface area contributed by atoms with Crippen LogP contribution in [0.2, 0.25) is 0 Å². The number of hydrogen-bond acceptors (Lipinski definition) is 4. The zero-order valence-electron chi connectivity index (χ0n) is 10.1. The molecule has 1 aliphatic heterocycles. The summed E-state index contributed by atoms with van der Waals surface area (Å²) in [5.74, 6) is -0.182. The molecule has 0 radical (unpaired) electrons. The van der Waals surface area contributed by atoms with Crippen LogP contribution >= 0.6 is 0 Å². The van der Waals surface area contributed by atoms with Crippen LogP contribution in [0, 0.1) is 10.1 Å². The summed E-state index contributed by atoms with van der Waals surface area (Å²) in [5, 5.41) is 10.7. The first kappa shape index (κ1) is 12.5. The Morgan fingerprint density at radius 2 is 2.22 bits per heavy atom. The molecule has 18 heavy (non-hydrogen) atoms. The van der Waals surface area contributed by atoms with Gasteiger partial charge in [0.15, 0.2) is 0 Å². The molecular weight excluding hydrogens is 234 g/mol. The highest BCUT2D eigenvalue weighted by Crippen LogP contribution is 2.36. The van der Waals surface area contributed by atoms with Crippen molar-refractivity contribution in [3.05, 3.63) is 33.9 Å². The molecular formula is C12H15N3O3.